The molecular weight excluding hydrogens is 456 g/mol. The van der Waals surface area contributed by atoms with Gasteiger partial charge in [-0.2, -0.15) is 4.31 Å². The summed E-state index contributed by atoms with van der Waals surface area (Å²) in [6, 6.07) is 11.3. The molecule has 1 fully saturated rings. The van der Waals surface area contributed by atoms with E-state index in [0.29, 0.717) is 29.3 Å². The van der Waals surface area contributed by atoms with Crippen LogP contribution in [0.1, 0.15) is 18.4 Å². The van der Waals surface area contributed by atoms with Gasteiger partial charge in [0.1, 0.15) is 5.75 Å². The van der Waals surface area contributed by atoms with Crippen LogP contribution in [0, 0.1) is 12.8 Å². The van der Waals surface area contributed by atoms with E-state index in [-0.39, 0.29) is 18.0 Å². The molecule has 0 radical (unpaired) electrons. The van der Waals surface area contributed by atoms with Crippen molar-refractivity contribution in [2.24, 2.45) is 5.92 Å². The van der Waals surface area contributed by atoms with Crippen LogP contribution in [0.3, 0.4) is 0 Å². The summed E-state index contributed by atoms with van der Waals surface area (Å²) in [5.41, 5.74) is 1.40. The lowest BCUT2D eigenvalue weighted by Gasteiger charge is -2.30. The van der Waals surface area contributed by atoms with Crippen LogP contribution in [0.25, 0.3) is 0 Å². The van der Waals surface area contributed by atoms with Gasteiger partial charge in [-0.05, 0) is 61.7 Å². The van der Waals surface area contributed by atoms with E-state index in [0.717, 1.165) is 5.56 Å². The molecule has 2 aromatic carbocycles. The van der Waals surface area contributed by atoms with Crippen molar-refractivity contribution < 1.29 is 27.5 Å². The monoisotopic (exact) mass is 480 g/mol. The molecule has 2 aromatic rings. The third-order valence-corrected chi connectivity index (χ3v) is 7.61. The summed E-state index contributed by atoms with van der Waals surface area (Å²) >= 11 is 6.03. The normalized spacial score (nSPS) is 15.2. The number of sulfonamides is 1. The number of ether oxygens (including phenoxy) is 2. The predicted molar refractivity (Wildman–Crippen MR) is 120 cm³/mol. The highest BCUT2D eigenvalue weighted by atomic mass is 35.5. The number of carbonyl (C=O) groups excluding carboxylic acids is 2. The van der Waals surface area contributed by atoms with Gasteiger partial charge < -0.3 is 14.8 Å². The molecule has 8 nitrogen and oxygen atoms in total. The van der Waals surface area contributed by atoms with Crippen LogP contribution >= 0.6 is 11.6 Å². The largest absolute Gasteiger partial charge is 0.497 e. The fourth-order valence-corrected chi connectivity index (χ4v) is 5.00. The number of halogens is 1. The first-order valence-corrected chi connectivity index (χ1v) is 11.9. The van der Waals surface area contributed by atoms with Crippen molar-refractivity contribution in [1.29, 1.82) is 0 Å². The van der Waals surface area contributed by atoms with E-state index in [1.165, 1.54) is 23.5 Å². The van der Waals surface area contributed by atoms with Gasteiger partial charge in [-0.3, -0.25) is 9.59 Å². The van der Waals surface area contributed by atoms with E-state index in [9.17, 15) is 18.0 Å². The average molecular weight is 481 g/mol. The highest BCUT2D eigenvalue weighted by Crippen LogP contribution is 2.26. The van der Waals surface area contributed by atoms with Gasteiger partial charge in [-0.1, -0.05) is 17.7 Å². The summed E-state index contributed by atoms with van der Waals surface area (Å²) < 4.78 is 37.2. The smallest absolute Gasteiger partial charge is 0.309 e. The molecule has 172 valence electrons. The Hall–Kier alpha value is -2.62. The van der Waals surface area contributed by atoms with Gasteiger partial charge in [0, 0.05) is 23.8 Å². The fourth-order valence-electron chi connectivity index (χ4n) is 3.35. The van der Waals surface area contributed by atoms with Crippen LogP contribution in [-0.4, -0.2) is 51.4 Å². The van der Waals surface area contributed by atoms with Crippen molar-refractivity contribution in [3.05, 3.63) is 53.1 Å². The number of methoxy groups -OCH3 is 1. The van der Waals surface area contributed by atoms with Gasteiger partial charge in [0.2, 0.25) is 10.0 Å². The predicted octanol–water partition coefficient (Wildman–Crippen LogP) is 3.24. The van der Waals surface area contributed by atoms with Crippen LogP contribution in [0.2, 0.25) is 5.02 Å². The second-order valence-corrected chi connectivity index (χ2v) is 9.82. The zero-order valence-electron chi connectivity index (χ0n) is 17.8. The van der Waals surface area contributed by atoms with E-state index < -0.39 is 34.4 Å². The Bertz CT molecular complexity index is 1080. The topological polar surface area (TPSA) is 102 Å². The lowest BCUT2D eigenvalue weighted by molar-refractivity contribution is -0.152. The number of rotatable bonds is 7. The van der Waals surface area contributed by atoms with Crippen molar-refractivity contribution in [1.82, 2.24) is 4.31 Å². The molecule has 0 aromatic heterocycles. The number of carbonyl (C=O) groups is 2. The zero-order valence-corrected chi connectivity index (χ0v) is 19.4. The summed E-state index contributed by atoms with van der Waals surface area (Å²) in [6.45, 7) is 1.82. The van der Waals surface area contributed by atoms with Gasteiger partial charge in [-0.15, -0.1) is 0 Å². The quantitative estimate of drug-likeness (QED) is 0.610. The highest BCUT2D eigenvalue weighted by molar-refractivity contribution is 7.89. The van der Waals surface area contributed by atoms with Crippen molar-refractivity contribution in [2.75, 3.05) is 32.1 Å². The molecule has 10 heteroatoms. The Morgan fingerprint density at radius 1 is 1.12 bits per heavy atom. The van der Waals surface area contributed by atoms with Crippen molar-refractivity contribution in [3.8, 4) is 5.75 Å². The van der Waals surface area contributed by atoms with E-state index in [4.69, 9.17) is 21.1 Å². The van der Waals surface area contributed by atoms with Crippen LogP contribution in [0.4, 0.5) is 5.69 Å². The maximum absolute atomic E-state index is 12.8. The highest BCUT2D eigenvalue weighted by Gasteiger charge is 2.33. The van der Waals surface area contributed by atoms with Gasteiger partial charge in [0.25, 0.3) is 5.91 Å². The maximum Gasteiger partial charge on any atom is 0.309 e. The van der Waals surface area contributed by atoms with Crippen LogP contribution < -0.4 is 10.1 Å². The second kappa shape index (κ2) is 10.3. The number of nitrogens with zero attached hydrogens (tertiary/aromatic N) is 1. The van der Waals surface area contributed by atoms with Gasteiger partial charge in [0.05, 0.1) is 17.9 Å². The minimum absolute atomic E-state index is 0.173. The minimum Gasteiger partial charge on any atom is -0.497 e. The molecule has 3 rings (SSSR count). The molecule has 1 aliphatic rings. The molecule has 0 aliphatic carbocycles. The molecular formula is C22H25ClN2O6S. The molecule has 1 aliphatic heterocycles. The SMILES string of the molecule is COc1ccc(S(=O)(=O)N2CCC(C(=O)OCC(=O)Nc3ccc(C)c(Cl)c3)CC2)cc1. The molecule has 1 saturated heterocycles. The molecule has 0 saturated carbocycles. The van der Waals surface area contributed by atoms with Crippen LogP contribution in [-0.2, 0) is 24.3 Å². The summed E-state index contributed by atoms with van der Waals surface area (Å²) in [6.07, 6.45) is 0.646. The zero-order chi connectivity index (χ0) is 23.3. The van der Waals surface area contributed by atoms with E-state index >= 15 is 0 Å². The van der Waals surface area contributed by atoms with Crippen molar-refractivity contribution >= 4 is 39.2 Å². The number of anilines is 1. The minimum atomic E-state index is -3.65. The Morgan fingerprint density at radius 3 is 2.38 bits per heavy atom. The molecule has 1 amide bonds. The third kappa shape index (κ3) is 5.79. The van der Waals surface area contributed by atoms with E-state index in [2.05, 4.69) is 5.32 Å². The molecule has 0 unspecified atom stereocenters. The first-order chi connectivity index (χ1) is 15.2. The molecule has 0 bridgehead atoms. The van der Waals surface area contributed by atoms with E-state index in [1.807, 2.05) is 6.92 Å². The lowest BCUT2D eigenvalue weighted by Crippen LogP contribution is -2.40. The summed E-state index contributed by atoms with van der Waals surface area (Å²) in [4.78, 5) is 24.6. The Labute approximate surface area is 192 Å². The van der Waals surface area contributed by atoms with Gasteiger partial charge in [0.15, 0.2) is 6.61 Å². The summed E-state index contributed by atoms with van der Waals surface area (Å²) in [7, 11) is -2.14. The number of piperidine rings is 1. The van der Waals surface area contributed by atoms with Crippen LogP contribution in [0.5, 0.6) is 5.75 Å². The maximum atomic E-state index is 12.8. The number of hydrogen-bond donors (Lipinski definition) is 1. The van der Waals surface area contributed by atoms with Crippen molar-refractivity contribution in [3.63, 3.8) is 0 Å². The van der Waals surface area contributed by atoms with E-state index in [1.54, 1.807) is 30.3 Å². The molecule has 1 heterocycles. The number of nitrogens with one attached hydrogen (secondary N) is 1. The molecule has 1 N–H and O–H groups in total. The fraction of sp³-hybridized carbons (Fsp3) is 0.364. The number of hydrogen-bond acceptors (Lipinski definition) is 6. The Kier molecular flexibility index (Phi) is 7.76. The molecule has 0 spiro atoms. The molecule has 0 atom stereocenters. The summed E-state index contributed by atoms with van der Waals surface area (Å²) in [5, 5.41) is 3.15. The number of aryl methyl sites for hydroxylation is 1. The summed E-state index contributed by atoms with van der Waals surface area (Å²) in [5.74, 6) is -0.875. The van der Waals surface area contributed by atoms with Crippen LogP contribution in [0.15, 0.2) is 47.4 Å². The first-order valence-electron chi connectivity index (χ1n) is 10.1. The number of amides is 1. The first kappa shape index (κ1) is 24.0. The van der Waals surface area contributed by atoms with Gasteiger partial charge in [-0.25, -0.2) is 8.42 Å². The second-order valence-electron chi connectivity index (χ2n) is 7.47. The average Bonchev–Trinajstić information content (AvgIpc) is 2.80. The number of benzene rings is 2. The Balaban J connectivity index is 1.48. The number of esters is 1. The van der Waals surface area contributed by atoms with Gasteiger partial charge >= 0.3 is 5.97 Å². The Morgan fingerprint density at radius 2 is 1.78 bits per heavy atom. The standard InChI is InChI=1S/C22H25ClN2O6S/c1-15-3-4-17(13-20(15)23)24-21(26)14-31-22(27)16-9-11-25(12-10-16)32(28,29)19-7-5-18(30-2)6-8-19/h3-8,13,16H,9-12,14H2,1-2H3,(H,24,26). The van der Waals surface area contributed by atoms with Crippen molar-refractivity contribution in [2.45, 2.75) is 24.7 Å². The molecule has 32 heavy (non-hydrogen) atoms. The third-order valence-electron chi connectivity index (χ3n) is 5.29. The lowest BCUT2D eigenvalue weighted by atomic mass is 9.98.